The summed E-state index contributed by atoms with van der Waals surface area (Å²) in [6.07, 6.45) is 0. The van der Waals surface area contributed by atoms with Crippen molar-refractivity contribution in [1.82, 2.24) is 9.88 Å². The van der Waals surface area contributed by atoms with Crippen molar-refractivity contribution < 1.29 is 14.3 Å². The maximum absolute atomic E-state index is 13.1. The number of anilines is 1. The predicted octanol–water partition coefficient (Wildman–Crippen LogP) is 5.14. The average Bonchev–Trinajstić information content (AvgIpc) is 3.39. The molecule has 0 spiro atoms. The van der Waals surface area contributed by atoms with Crippen molar-refractivity contribution in [3.05, 3.63) is 46.3 Å². The van der Waals surface area contributed by atoms with E-state index in [2.05, 4.69) is 4.90 Å². The molecule has 5 rings (SSSR count). The summed E-state index contributed by atoms with van der Waals surface area (Å²) < 4.78 is 13.0. The van der Waals surface area contributed by atoms with E-state index in [0.29, 0.717) is 47.6 Å². The van der Waals surface area contributed by atoms with Gasteiger partial charge in [-0.1, -0.05) is 41.1 Å². The smallest absolute Gasteiger partial charge is 0.265 e. The van der Waals surface area contributed by atoms with E-state index in [1.165, 1.54) is 11.3 Å². The van der Waals surface area contributed by atoms with Crippen LogP contribution in [-0.4, -0.2) is 56.2 Å². The normalized spacial score (nSPS) is 14.4. The number of nitrogens with zero attached hydrogens (tertiary/aromatic N) is 3. The van der Waals surface area contributed by atoms with Gasteiger partial charge in [-0.15, -0.1) is 11.3 Å². The highest BCUT2D eigenvalue weighted by Gasteiger charge is 2.27. The molecule has 1 aliphatic heterocycles. The molecule has 1 amide bonds. The zero-order valence-electron chi connectivity index (χ0n) is 17.1. The lowest BCUT2D eigenvalue weighted by Gasteiger charge is -2.34. The first-order valence-corrected chi connectivity index (χ1v) is 11.8. The molecule has 1 saturated heterocycles. The number of ether oxygens (including phenoxy) is 2. The minimum atomic E-state index is 0.00144. The van der Waals surface area contributed by atoms with E-state index in [1.807, 2.05) is 41.3 Å². The first kappa shape index (κ1) is 20.4. The Morgan fingerprint density at radius 3 is 2.48 bits per heavy atom. The number of methoxy groups -OCH3 is 2. The van der Waals surface area contributed by atoms with Crippen molar-refractivity contribution in [1.29, 1.82) is 0 Å². The Bertz CT molecular complexity index is 1280. The minimum absolute atomic E-state index is 0.00144. The van der Waals surface area contributed by atoms with Gasteiger partial charge in [0.15, 0.2) is 16.6 Å². The number of amides is 1. The zero-order valence-corrected chi connectivity index (χ0v) is 19.4. The number of fused-ring (bicyclic) bond motifs is 2. The number of thiophene rings is 1. The van der Waals surface area contributed by atoms with Crippen LogP contribution in [0.2, 0.25) is 5.02 Å². The summed E-state index contributed by atoms with van der Waals surface area (Å²) in [4.78, 5) is 22.6. The molecule has 31 heavy (non-hydrogen) atoms. The SMILES string of the molecule is COc1ccc2sc(N3CCN(C(=O)c4sc5ccccc5c4Cl)CC3)nc2c1OC. The fourth-order valence-electron chi connectivity index (χ4n) is 3.83. The van der Waals surface area contributed by atoms with Crippen LogP contribution in [0.4, 0.5) is 5.13 Å². The lowest BCUT2D eigenvalue weighted by atomic mass is 10.2. The van der Waals surface area contributed by atoms with E-state index in [4.69, 9.17) is 26.1 Å². The summed E-state index contributed by atoms with van der Waals surface area (Å²) in [7, 11) is 3.25. The molecule has 0 unspecified atom stereocenters. The van der Waals surface area contributed by atoms with E-state index in [0.717, 1.165) is 25.4 Å². The molecule has 0 radical (unpaired) electrons. The van der Waals surface area contributed by atoms with E-state index in [9.17, 15) is 4.79 Å². The van der Waals surface area contributed by atoms with Crippen LogP contribution in [0.1, 0.15) is 9.67 Å². The van der Waals surface area contributed by atoms with Crippen molar-refractivity contribution in [2.45, 2.75) is 0 Å². The molecule has 0 N–H and O–H groups in total. The molecule has 2 aromatic carbocycles. The van der Waals surface area contributed by atoms with Crippen molar-refractivity contribution in [3.8, 4) is 11.5 Å². The Morgan fingerprint density at radius 2 is 1.77 bits per heavy atom. The van der Waals surface area contributed by atoms with Crippen LogP contribution >= 0.6 is 34.3 Å². The highest BCUT2D eigenvalue weighted by atomic mass is 35.5. The Balaban J connectivity index is 1.34. The van der Waals surface area contributed by atoms with E-state index < -0.39 is 0 Å². The van der Waals surface area contributed by atoms with Crippen LogP contribution in [0.15, 0.2) is 36.4 Å². The van der Waals surface area contributed by atoms with Crippen LogP contribution in [0.25, 0.3) is 20.3 Å². The van der Waals surface area contributed by atoms with E-state index in [-0.39, 0.29) is 5.91 Å². The Morgan fingerprint density at radius 1 is 1.00 bits per heavy atom. The van der Waals surface area contributed by atoms with Gasteiger partial charge in [0.1, 0.15) is 10.4 Å². The van der Waals surface area contributed by atoms with Gasteiger partial charge in [0.2, 0.25) is 0 Å². The largest absolute Gasteiger partial charge is 0.493 e. The highest BCUT2D eigenvalue weighted by molar-refractivity contribution is 7.22. The van der Waals surface area contributed by atoms with Gasteiger partial charge in [0.05, 0.1) is 23.9 Å². The summed E-state index contributed by atoms with van der Waals surface area (Å²) in [6.45, 7) is 2.68. The third kappa shape index (κ3) is 3.48. The second-order valence-electron chi connectivity index (χ2n) is 7.16. The summed E-state index contributed by atoms with van der Waals surface area (Å²) in [5.74, 6) is 1.32. The van der Waals surface area contributed by atoms with Gasteiger partial charge in [-0.2, -0.15) is 0 Å². The van der Waals surface area contributed by atoms with Crippen LogP contribution in [0.5, 0.6) is 11.5 Å². The van der Waals surface area contributed by atoms with Gasteiger partial charge in [-0.05, 0) is 18.2 Å². The number of thiazole rings is 1. The number of halogens is 1. The fourth-order valence-corrected chi connectivity index (χ4v) is 6.33. The molecule has 4 aromatic rings. The zero-order chi connectivity index (χ0) is 21.5. The molecule has 160 valence electrons. The van der Waals surface area contributed by atoms with Gasteiger partial charge in [-0.3, -0.25) is 4.79 Å². The molecular formula is C22H20ClN3O3S2. The number of aromatic nitrogens is 1. The Hall–Kier alpha value is -2.55. The second-order valence-corrected chi connectivity index (χ2v) is 9.60. The van der Waals surface area contributed by atoms with Crippen LogP contribution in [0.3, 0.4) is 0 Å². The Kier molecular flexibility index (Phi) is 5.37. The quantitative estimate of drug-likeness (QED) is 0.410. The average molecular weight is 474 g/mol. The third-order valence-electron chi connectivity index (χ3n) is 5.46. The van der Waals surface area contributed by atoms with Gasteiger partial charge < -0.3 is 19.3 Å². The standard InChI is InChI=1S/C22H20ClN3O3S2/c1-28-14-7-8-16-18(19(14)29-2)24-22(31-16)26-11-9-25(10-12-26)21(27)20-17(23)13-5-3-4-6-15(13)30-20/h3-8H,9-12H2,1-2H3. The molecule has 1 aliphatic rings. The van der Waals surface area contributed by atoms with Crippen molar-refractivity contribution in [3.63, 3.8) is 0 Å². The van der Waals surface area contributed by atoms with Crippen LogP contribution < -0.4 is 14.4 Å². The van der Waals surface area contributed by atoms with E-state index >= 15 is 0 Å². The number of piperazine rings is 1. The van der Waals surface area contributed by atoms with Crippen molar-refractivity contribution >= 4 is 65.6 Å². The lowest BCUT2D eigenvalue weighted by Crippen LogP contribution is -2.48. The number of carbonyl (C=O) groups excluding carboxylic acids is 1. The number of hydrogen-bond donors (Lipinski definition) is 0. The molecule has 0 atom stereocenters. The molecule has 1 fully saturated rings. The first-order chi connectivity index (χ1) is 15.1. The monoisotopic (exact) mass is 473 g/mol. The van der Waals surface area contributed by atoms with Gasteiger partial charge in [0, 0.05) is 36.3 Å². The summed E-state index contributed by atoms with van der Waals surface area (Å²) >= 11 is 9.60. The number of rotatable bonds is 4. The fraction of sp³-hybridized carbons (Fsp3) is 0.273. The third-order valence-corrected chi connectivity index (χ3v) is 8.20. The molecule has 9 heteroatoms. The topological polar surface area (TPSA) is 54.9 Å². The van der Waals surface area contributed by atoms with Crippen LogP contribution in [0, 0.1) is 0 Å². The highest BCUT2D eigenvalue weighted by Crippen LogP contribution is 2.40. The number of carbonyl (C=O) groups is 1. The summed E-state index contributed by atoms with van der Waals surface area (Å²) in [5, 5.41) is 2.42. The van der Waals surface area contributed by atoms with Gasteiger partial charge in [0.25, 0.3) is 5.91 Å². The molecule has 2 aromatic heterocycles. The van der Waals surface area contributed by atoms with Crippen molar-refractivity contribution in [2.75, 3.05) is 45.3 Å². The van der Waals surface area contributed by atoms with Crippen LogP contribution in [-0.2, 0) is 0 Å². The summed E-state index contributed by atoms with van der Waals surface area (Å²) in [5.41, 5.74) is 0.803. The lowest BCUT2D eigenvalue weighted by molar-refractivity contribution is 0.0752. The minimum Gasteiger partial charge on any atom is -0.493 e. The molecule has 6 nitrogen and oxygen atoms in total. The number of benzene rings is 2. The van der Waals surface area contributed by atoms with Crippen molar-refractivity contribution in [2.24, 2.45) is 0 Å². The van der Waals surface area contributed by atoms with Gasteiger partial charge in [-0.25, -0.2) is 4.98 Å². The van der Waals surface area contributed by atoms with E-state index in [1.54, 1.807) is 25.6 Å². The maximum atomic E-state index is 13.1. The molecule has 0 saturated carbocycles. The molecule has 3 heterocycles. The molecule has 0 bridgehead atoms. The molecule has 0 aliphatic carbocycles. The number of hydrogen-bond acceptors (Lipinski definition) is 7. The second kappa shape index (κ2) is 8.18. The predicted molar refractivity (Wildman–Crippen MR) is 128 cm³/mol. The Labute approximate surface area is 192 Å². The van der Waals surface area contributed by atoms with Gasteiger partial charge >= 0.3 is 0 Å². The summed E-state index contributed by atoms with van der Waals surface area (Å²) in [6, 6.07) is 11.8. The maximum Gasteiger partial charge on any atom is 0.265 e. The first-order valence-electron chi connectivity index (χ1n) is 9.83. The molecular weight excluding hydrogens is 454 g/mol.